The minimum Gasteiger partial charge on any atom is -0.396 e. The highest BCUT2D eigenvalue weighted by molar-refractivity contribution is 7.99. The Bertz CT molecular complexity index is 384. The lowest BCUT2D eigenvalue weighted by Gasteiger charge is -2.24. The van der Waals surface area contributed by atoms with E-state index in [9.17, 15) is 5.11 Å². The van der Waals surface area contributed by atoms with Crippen molar-refractivity contribution in [3.63, 3.8) is 0 Å². The molecule has 1 aliphatic rings. The second kappa shape index (κ2) is 5.54. The van der Waals surface area contributed by atoms with Crippen LogP contribution in [0.2, 0.25) is 0 Å². The summed E-state index contributed by atoms with van der Waals surface area (Å²) in [6, 6.07) is 8.74. The van der Waals surface area contributed by atoms with Crippen molar-refractivity contribution in [1.82, 2.24) is 0 Å². The Kier molecular flexibility index (Phi) is 4.23. The molecule has 1 saturated carbocycles. The lowest BCUT2D eigenvalue weighted by atomic mass is 10.1. The van der Waals surface area contributed by atoms with Gasteiger partial charge in [0.25, 0.3) is 0 Å². The largest absolute Gasteiger partial charge is 0.396 e. The molecule has 0 heterocycles. The summed E-state index contributed by atoms with van der Waals surface area (Å²) in [5.74, 6) is 0. The molecule has 100 valence electrons. The quantitative estimate of drug-likeness (QED) is 0.798. The Morgan fingerprint density at radius 3 is 2.33 bits per heavy atom. The monoisotopic (exact) mass is 265 g/mol. The summed E-state index contributed by atoms with van der Waals surface area (Å²) < 4.78 is 0. The molecule has 2 rings (SSSR count). The van der Waals surface area contributed by atoms with Gasteiger partial charge < -0.3 is 10.0 Å². The Hall–Kier alpha value is -0.670. The van der Waals surface area contributed by atoms with Crippen LogP contribution in [0.3, 0.4) is 0 Å². The van der Waals surface area contributed by atoms with E-state index in [4.69, 9.17) is 0 Å². The molecule has 0 unspecified atom stereocenters. The van der Waals surface area contributed by atoms with Crippen LogP contribution >= 0.6 is 11.8 Å². The van der Waals surface area contributed by atoms with Crippen LogP contribution in [0.4, 0.5) is 5.69 Å². The molecular formula is C15H23NOS. The average molecular weight is 265 g/mol. The number of aliphatic hydroxyl groups excluding tert-OH is 1. The predicted molar refractivity (Wildman–Crippen MR) is 79.5 cm³/mol. The van der Waals surface area contributed by atoms with Crippen LogP contribution in [-0.2, 0) is 0 Å². The molecule has 0 amide bonds. The Morgan fingerprint density at radius 1 is 1.28 bits per heavy atom. The smallest absolute Gasteiger partial charge is 0.0504 e. The molecule has 0 saturated heterocycles. The number of nitrogens with zero attached hydrogens (tertiary/aromatic N) is 1. The van der Waals surface area contributed by atoms with Crippen LogP contribution in [0.5, 0.6) is 0 Å². The zero-order chi connectivity index (χ0) is 13.2. The second-order valence-electron chi connectivity index (χ2n) is 5.67. The SMILES string of the molecule is CC(C)Sc1ccc(N(C)CC2(CO)CC2)cc1. The molecular weight excluding hydrogens is 242 g/mol. The van der Waals surface area contributed by atoms with Gasteiger partial charge in [-0.2, -0.15) is 0 Å². The third kappa shape index (κ3) is 3.42. The van der Waals surface area contributed by atoms with Crippen molar-refractivity contribution in [3.8, 4) is 0 Å². The van der Waals surface area contributed by atoms with Crippen molar-refractivity contribution in [1.29, 1.82) is 0 Å². The molecule has 1 fully saturated rings. The average Bonchev–Trinajstić information content (AvgIpc) is 3.09. The van der Waals surface area contributed by atoms with Crippen LogP contribution in [0.15, 0.2) is 29.2 Å². The van der Waals surface area contributed by atoms with Crippen molar-refractivity contribution in [3.05, 3.63) is 24.3 Å². The van der Waals surface area contributed by atoms with E-state index in [1.807, 2.05) is 11.8 Å². The fourth-order valence-electron chi connectivity index (χ4n) is 2.19. The van der Waals surface area contributed by atoms with Crippen LogP contribution in [0, 0.1) is 5.41 Å². The molecule has 0 aromatic heterocycles. The van der Waals surface area contributed by atoms with Gasteiger partial charge in [0.05, 0.1) is 6.61 Å². The van der Waals surface area contributed by atoms with Gasteiger partial charge in [0, 0.05) is 34.8 Å². The summed E-state index contributed by atoms with van der Waals surface area (Å²) in [5.41, 5.74) is 1.42. The van der Waals surface area contributed by atoms with Gasteiger partial charge in [-0.1, -0.05) is 13.8 Å². The first-order valence-electron chi connectivity index (χ1n) is 6.63. The number of hydrogen-bond donors (Lipinski definition) is 1. The Balaban J connectivity index is 1.96. The van der Waals surface area contributed by atoms with Gasteiger partial charge in [0.15, 0.2) is 0 Å². The van der Waals surface area contributed by atoms with Crippen LogP contribution in [-0.4, -0.2) is 30.6 Å². The van der Waals surface area contributed by atoms with E-state index in [0.717, 1.165) is 19.4 Å². The standard InChI is InChI=1S/C15H23NOS/c1-12(2)18-14-6-4-13(5-7-14)16(3)10-15(11-17)8-9-15/h4-7,12,17H,8-11H2,1-3H3. The van der Waals surface area contributed by atoms with Crippen molar-refractivity contribution in [2.24, 2.45) is 5.41 Å². The molecule has 3 heteroatoms. The first-order valence-corrected chi connectivity index (χ1v) is 7.51. The fraction of sp³-hybridized carbons (Fsp3) is 0.600. The van der Waals surface area contributed by atoms with Gasteiger partial charge in [-0.15, -0.1) is 11.8 Å². The first-order chi connectivity index (χ1) is 8.54. The summed E-state index contributed by atoms with van der Waals surface area (Å²) in [5, 5.41) is 9.99. The van der Waals surface area contributed by atoms with Gasteiger partial charge >= 0.3 is 0 Å². The molecule has 0 spiro atoms. The predicted octanol–water partition coefficient (Wildman–Crippen LogP) is 3.40. The molecule has 0 aliphatic heterocycles. The molecule has 1 N–H and O–H groups in total. The molecule has 0 radical (unpaired) electrons. The number of benzene rings is 1. The number of rotatable bonds is 6. The maximum absolute atomic E-state index is 9.37. The minimum absolute atomic E-state index is 0.181. The van der Waals surface area contributed by atoms with E-state index < -0.39 is 0 Å². The van der Waals surface area contributed by atoms with Crippen LogP contribution in [0.25, 0.3) is 0 Å². The summed E-state index contributed by atoms with van der Waals surface area (Å²) in [7, 11) is 2.11. The number of thioether (sulfide) groups is 1. The van der Waals surface area contributed by atoms with Crippen molar-refractivity contribution in [2.45, 2.75) is 36.8 Å². The topological polar surface area (TPSA) is 23.5 Å². The van der Waals surface area contributed by atoms with Crippen molar-refractivity contribution >= 4 is 17.4 Å². The van der Waals surface area contributed by atoms with E-state index >= 15 is 0 Å². The van der Waals surface area contributed by atoms with E-state index in [1.54, 1.807) is 0 Å². The molecule has 1 aromatic rings. The summed E-state index contributed by atoms with van der Waals surface area (Å²) >= 11 is 1.89. The molecule has 1 aliphatic carbocycles. The highest BCUT2D eigenvalue weighted by Gasteiger charge is 2.42. The molecule has 18 heavy (non-hydrogen) atoms. The molecule has 2 nitrogen and oxygen atoms in total. The van der Waals surface area contributed by atoms with Crippen LogP contribution in [0.1, 0.15) is 26.7 Å². The third-order valence-corrected chi connectivity index (χ3v) is 4.53. The van der Waals surface area contributed by atoms with Crippen molar-refractivity contribution in [2.75, 3.05) is 25.1 Å². The summed E-state index contributed by atoms with van der Waals surface area (Å²) in [6.07, 6.45) is 2.32. The number of aliphatic hydroxyl groups is 1. The van der Waals surface area contributed by atoms with Crippen LogP contribution < -0.4 is 4.90 Å². The van der Waals surface area contributed by atoms with Gasteiger partial charge in [-0.3, -0.25) is 0 Å². The summed E-state index contributed by atoms with van der Waals surface area (Å²) in [4.78, 5) is 3.58. The maximum atomic E-state index is 9.37. The first kappa shape index (κ1) is 13.8. The number of hydrogen-bond acceptors (Lipinski definition) is 3. The zero-order valence-corrected chi connectivity index (χ0v) is 12.3. The number of anilines is 1. The Morgan fingerprint density at radius 2 is 1.89 bits per heavy atom. The van der Waals surface area contributed by atoms with Gasteiger partial charge in [-0.05, 0) is 37.1 Å². The lowest BCUT2D eigenvalue weighted by molar-refractivity contribution is 0.215. The van der Waals surface area contributed by atoms with E-state index in [1.165, 1.54) is 10.6 Å². The normalized spacial score (nSPS) is 16.9. The van der Waals surface area contributed by atoms with Gasteiger partial charge in [0.2, 0.25) is 0 Å². The molecule has 0 bridgehead atoms. The van der Waals surface area contributed by atoms with E-state index in [0.29, 0.717) is 11.9 Å². The van der Waals surface area contributed by atoms with Gasteiger partial charge in [-0.25, -0.2) is 0 Å². The van der Waals surface area contributed by atoms with Crippen molar-refractivity contribution < 1.29 is 5.11 Å². The third-order valence-electron chi connectivity index (χ3n) is 3.51. The van der Waals surface area contributed by atoms with E-state index in [2.05, 4.69) is 50.1 Å². The Labute approximate surface area is 114 Å². The maximum Gasteiger partial charge on any atom is 0.0504 e. The zero-order valence-electron chi connectivity index (χ0n) is 11.5. The highest BCUT2D eigenvalue weighted by atomic mass is 32.2. The fourth-order valence-corrected chi connectivity index (χ4v) is 3.03. The summed E-state index contributed by atoms with van der Waals surface area (Å²) in [6.45, 7) is 5.70. The highest BCUT2D eigenvalue weighted by Crippen LogP contribution is 2.46. The molecule has 0 atom stereocenters. The van der Waals surface area contributed by atoms with Gasteiger partial charge in [0.1, 0.15) is 0 Å². The molecule has 1 aromatic carbocycles. The lowest BCUT2D eigenvalue weighted by Crippen LogP contribution is -2.28. The second-order valence-corrected chi connectivity index (χ2v) is 7.32. The minimum atomic E-state index is 0.181. The van der Waals surface area contributed by atoms with E-state index in [-0.39, 0.29) is 5.41 Å².